The van der Waals surface area contributed by atoms with Crippen LogP contribution in [0.2, 0.25) is 0 Å². The maximum atomic E-state index is 12.5. The number of ether oxygens (including phenoxy) is 1. The molecule has 1 amide bonds. The van der Waals surface area contributed by atoms with Gasteiger partial charge in [0.2, 0.25) is 0 Å². The average Bonchev–Trinajstić information content (AvgIpc) is 2.61. The second-order valence-electron chi connectivity index (χ2n) is 5.36. The van der Waals surface area contributed by atoms with E-state index in [2.05, 4.69) is 15.4 Å². The van der Waals surface area contributed by atoms with Gasteiger partial charge in [-0.25, -0.2) is 4.79 Å². The molecule has 0 aromatic heterocycles. The molecular weight excluding hydrogens is 320 g/mol. The number of aryl methyl sites for hydroxylation is 1. The zero-order valence-corrected chi connectivity index (χ0v) is 14.2. The number of para-hydroxylation sites is 1. The van der Waals surface area contributed by atoms with E-state index in [4.69, 9.17) is 0 Å². The molecule has 0 saturated heterocycles. The maximum absolute atomic E-state index is 12.5. The fraction of sp³-hybridized carbons (Fsp3) is 0.211. The van der Waals surface area contributed by atoms with Crippen LogP contribution >= 0.6 is 0 Å². The van der Waals surface area contributed by atoms with E-state index in [9.17, 15) is 14.4 Å². The van der Waals surface area contributed by atoms with Gasteiger partial charge >= 0.3 is 11.9 Å². The standard InChI is InChI=1S/C19H20N2O4/c1-3-25-19(24)18(23)21-16-7-5-4-6-15(16)17(22)12-20-14-10-8-13(2)9-11-14/h4-11,20H,3,12H2,1-2H3,(H,21,23). The van der Waals surface area contributed by atoms with Crippen LogP contribution in [0.5, 0.6) is 0 Å². The molecule has 6 nitrogen and oxygen atoms in total. The normalized spacial score (nSPS) is 10.0. The van der Waals surface area contributed by atoms with E-state index in [0.29, 0.717) is 5.56 Å². The highest BCUT2D eigenvalue weighted by atomic mass is 16.5. The third-order valence-corrected chi connectivity index (χ3v) is 3.44. The first-order valence-electron chi connectivity index (χ1n) is 7.92. The topological polar surface area (TPSA) is 84.5 Å². The lowest BCUT2D eigenvalue weighted by atomic mass is 10.1. The molecule has 0 atom stereocenters. The molecule has 0 aliphatic carbocycles. The van der Waals surface area contributed by atoms with Crippen molar-refractivity contribution in [3.8, 4) is 0 Å². The molecule has 0 saturated carbocycles. The molecule has 0 bridgehead atoms. The molecule has 0 fully saturated rings. The number of amides is 1. The minimum atomic E-state index is -0.984. The number of nitrogens with one attached hydrogen (secondary N) is 2. The summed E-state index contributed by atoms with van der Waals surface area (Å²) in [6, 6.07) is 14.2. The Morgan fingerprint density at radius 1 is 1.00 bits per heavy atom. The van der Waals surface area contributed by atoms with Crippen molar-refractivity contribution in [2.45, 2.75) is 13.8 Å². The van der Waals surface area contributed by atoms with E-state index in [1.807, 2.05) is 31.2 Å². The lowest BCUT2D eigenvalue weighted by Crippen LogP contribution is -2.26. The van der Waals surface area contributed by atoms with Crippen LogP contribution in [-0.2, 0) is 14.3 Å². The van der Waals surface area contributed by atoms with Gasteiger partial charge in [-0.05, 0) is 38.1 Å². The summed E-state index contributed by atoms with van der Waals surface area (Å²) >= 11 is 0. The molecule has 2 aromatic carbocycles. The minimum Gasteiger partial charge on any atom is -0.459 e. The zero-order chi connectivity index (χ0) is 18.2. The van der Waals surface area contributed by atoms with Crippen molar-refractivity contribution in [1.29, 1.82) is 0 Å². The maximum Gasteiger partial charge on any atom is 0.397 e. The third-order valence-electron chi connectivity index (χ3n) is 3.44. The molecule has 25 heavy (non-hydrogen) atoms. The van der Waals surface area contributed by atoms with Crippen molar-refractivity contribution in [3.63, 3.8) is 0 Å². The van der Waals surface area contributed by atoms with Gasteiger partial charge < -0.3 is 15.4 Å². The number of benzene rings is 2. The van der Waals surface area contributed by atoms with Crippen LogP contribution in [-0.4, -0.2) is 30.8 Å². The highest BCUT2D eigenvalue weighted by molar-refractivity contribution is 6.37. The van der Waals surface area contributed by atoms with Gasteiger partial charge in [0.25, 0.3) is 0 Å². The number of carbonyl (C=O) groups is 3. The monoisotopic (exact) mass is 340 g/mol. The van der Waals surface area contributed by atoms with Gasteiger partial charge in [0.05, 0.1) is 18.8 Å². The predicted molar refractivity (Wildman–Crippen MR) is 95.7 cm³/mol. The van der Waals surface area contributed by atoms with Crippen LogP contribution in [0.1, 0.15) is 22.8 Å². The van der Waals surface area contributed by atoms with Crippen molar-refractivity contribution >= 4 is 29.0 Å². The summed E-state index contributed by atoms with van der Waals surface area (Å²) in [6.45, 7) is 3.76. The van der Waals surface area contributed by atoms with Gasteiger partial charge in [0, 0.05) is 11.3 Å². The van der Waals surface area contributed by atoms with Crippen LogP contribution < -0.4 is 10.6 Å². The Labute approximate surface area is 146 Å². The molecule has 0 unspecified atom stereocenters. The fourth-order valence-electron chi connectivity index (χ4n) is 2.15. The number of carbonyl (C=O) groups excluding carboxylic acids is 3. The third kappa shape index (κ3) is 5.17. The molecule has 130 valence electrons. The van der Waals surface area contributed by atoms with Crippen LogP contribution in [0.15, 0.2) is 48.5 Å². The summed E-state index contributed by atoms with van der Waals surface area (Å²) in [5.74, 6) is -2.10. The zero-order valence-electron chi connectivity index (χ0n) is 14.2. The molecular formula is C19H20N2O4. The number of ketones is 1. The van der Waals surface area contributed by atoms with E-state index < -0.39 is 11.9 Å². The van der Waals surface area contributed by atoms with E-state index in [-0.39, 0.29) is 24.6 Å². The number of hydrogen-bond acceptors (Lipinski definition) is 5. The van der Waals surface area contributed by atoms with E-state index in [0.717, 1.165) is 11.3 Å². The van der Waals surface area contributed by atoms with Crippen LogP contribution in [0.3, 0.4) is 0 Å². The summed E-state index contributed by atoms with van der Waals surface area (Å²) in [7, 11) is 0. The average molecular weight is 340 g/mol. The van der Waals surface area contributed by atoms with Gasteiger partial charge in [-0.15, -0.1) is 0 Å². The first kappa shape index (κ1) is 18.2. The van der Waals surface area contributed by atoms with E-state index >= 15 is 0 Å². The fourth-order valence-corrected chi connectivity index (χ4v) is 2.15. The number of rotatable bonds is 6. The molecule has 2 N–H and O–H groups in total. The second kappa shape index (κ2) is 8.63. The highest BCUT2D eigenvalue weighted by Gasteiger charge is 2.18. The first-order chi connectivity index (χ1) is 12.0. The molecule has 2 aromatic rings. The number of hydrogen-bond donors (Lipinski definition) is 2. The predicted octanol–water partition coefficient (Wildman–Crippen LogP) is 2.79. The number of esters is 1. The van der Waals surface area contributed by atoms with E-state index in [1.165, 1.54) is 0 Å². The van der Waals surface area contributed by atoms with Gasteiger partial charge in [0.15, 0.2) is 5.78 Å². The number of anilines is 2. The molecule has 0 aliphatic rings. The Morgan fingerprint density at radius 3 is 2.36 bits per heavy atom. The molecule has 2 rings (SSSR count). The Bertz CT molecular complexity index is 769. The quantitative estimate of drug-likeness (QED) is 0.480. The summed E-state index contributed by atoms with van der Waals surface area (Å²) in [4.78, 5) is 35.7. The van der Waals surface area contributed by atoms with Crippen molar-refractivity contribution in [1.82, 2.24) is 0 Å². The summed E-state index contributed by atoms with van der Waals surface area (Å²) in [5, 5.41) is 5.46. The second-order valence-corrected chi connectivity index (χ2v) is 5.36. The van der Waals surface area contributed by atoms with Crippen LogP contribution in [0.4, 0.5) is 11.4 Å². The Hall–Kier alpha value is -3.15. The Morgan fingerprint density at radius 2 is 1.68 bits per heavy atom. The highest BCUT2D eigenvalue weighted by Crippen LogP contribution is 2.16. The van der Waals surface area contributed by atoms with Gasteiger partial charge in [-0.3, -0.25) is 9.59 Å². The van der Waals surface area contributed by atoms with Gasteiger partial charge in [-0.1, -0.05) is 29.8 Å². The smallest absolute Gasteiger partial charge is 0.397 e. The molecule has 0 radical (unpaired) electrons. The number of Topliss-reactive ketones (excluding diaryl/α,β-unsaturated/α-hetero) is 1. The Kier molecular flexibility index (Phi) is 6.28. The first-order valence-corrected chi connectivity index (χ1v) is 7.92. The van der Waals surface area contributed by atoms with Gasteiger partial charge in [0.1, 0.15) is 0 Å². The van der Waals surface area contributed by atoms with Crippen molar-refractivity contribution in [2.24, 2.45) is 0 Å². The molecule has 0 aliphatic heterocycles. The summed E-state index contributed by atoms with van der Waals surface area (Å²) < 4.78 is 4.64. The van der Waals surface area contributed by atoms with Crippen molar-refractivity contribution in [2.75, 3.05) is 23.8 Å². The van der Waals surface area contributed by atoms with Crippen LogP contribution in [0.25, 0.3) is 0 Å². The van der Waals surface area contributed by atoms with Crippen molar-refractivity contribution in [3.05, 3.63) is 59.7 Å². The summed E-state index contributed by atoms with van der Waals surface area (Å²) in [6.07, 6.45) is 0. The van der Waals surface area contributed by atoms with E-state index in [1.54, 1.807) is 31.2 Å². The SMILES string of the molecule is CCOC(=O)C(=O)Nc1ccccc1C(=O)CNc1ccc(C)cc1. The van der Waals surface area contributed by atoms with Crippen LogP contribution in [0, 0.1) is 6.92 Å². The minimum absolute atomic E-state index is 0.0648. The molecule has 6 heteroatoms. The molecule has 0 spiro atoms. The lowest BCUT2D eigenvalue weighted by Gasteiger charge is -2.11. The van der Waals surface area contributed by atoms with Crippen molar-refractivity contribution < 1.29 is 19.1 Å². The van der Waals surface area contributed by atoms with Gasteiger partial charge in [-0.2, -0.15) is 0 Å². The summed E-state index contributed by atoms with van der Waals surface area (Å²) in [5.41, 5.74) is 2.55. The Balaban J connectivity index is 2.05. The molecule has 0 heterocycles. The largest absolute Gasteiger partial charge is 0.459 e. The lowest BCUT2D eigenvalue weighted by molar-refractivity contribution is -0.152.